The Morgan fingerprint density at radius 1 is 1.08 bits per heavy atom. The third kappa shape index (κ3) is 2.87. The van der Waals surface area contributed by atoms with Gasteiger partial charge in [-0.2, -0.15) is 0 Å². The van der Waals surface area contributed by atoms with Gasteiger partial charge >= 0.3 is 0 Å². The van der Waals surface area contributed by atoms with Gasteiger partial charge in [0.2, 0.25) is 0 Å². The van der Waals surface area contributed by atoms with Crippen molar-refractivity contribution in [2.24, 2.45) is 0 Å². The predicted octanol–water partition coefficient (Wildman–Crippen LogP) is 3.09. The Hall–Kier alpha value is -2.38. The molecule has 6 nitrogen and oxygen atoms in total. The highest BCUT2D eigenvalue weighted by Crippen LogP contribution is 2.43. The Balaban J connectivity index is 1.91. The minimum absolute atomic E-state index is 0.726. The van der Waals surface area contributed by atoms with Crippen LogP contribution in [0.3, 0.4) is 0 Å². The van der Waals surface area contributed by atoms with Crippen LogP contribution in [-0.4, -0.2) is 50.4 Å². The summed E-state index contributed by atoms with van der Waals surface area (Å²) >= 11 is 1.71. The molecule has 136 valence electrons. The normalized spacial score (nSPS) is 14.7. The first-order valence-electron chi connectivity index (χ1n) is 8.65. The smallest absolute Gasteiger partial charge is 0.161 e. The molecule has 0 bridgehead atoms. The van der Waals surface area contributed by atoms with Gasteiger partial charge in [-0.1, -0.05) is 6.07 Å². The van der Waals surface area contributed by atoms with E-state index in [1.807, 2.05) is 12.1 Å². The van der Waals surface area contributed by atoms with Crippen LogP contribution in [-0.2, 0) is 0 Å². The number of benzene rings is 1. The van der Waals surface area contributed by atoms with Gasteiger partial charge in [0.1, 0.15) is 17.0 Å². The van der Waals surface area contributed by atoms with Crippen LogP contribution in [0.25, 0.3) is 21.3 Å². The van der Waals surface area contributed by atoms with Gasteiger partial charge < -0.3 is 19.7 Å². The lowest BCUT2D eigenvalue weighted by Gasteiger charge is -2.29. The molecule has 0 spiro atoms. The monoisotopic (exact) mass is 370 g/mol. The van der Waals surface area contributed by atoms with Crippen molar-refractivity contribution in [3.8, 4) is 22.6 Å². The summed E-state index contributed by atoms with van der Waals surface area (Å²) in [5.74, 6) is 2.47. The number of nitrogens with one attached hydrogen (secondary N) is 1. The molecule has 0 unspecified atom stereocenters. The van der Waals surface area contributed by atoms with Crippen molar-refractivity contribution in [2.75, 3.05) is 45.3 Å². The van der Waals surface area contributed by atoms with Crippen LogP contribution in [0, 0.1) is 6.92 Å². The first-order chi connectivity index (χ1) is 12.7. The molecular formula is C19H22N4O2S. The number of piperazine rings is 1. The maximum Gasteiger partial charge on any atom is 0.161 e. The average molecular weight is 370 g/mol. The number of ether oxygens (including phenoxy) is 2. The molecule has 1 aromatic carbocycles. The van der Waals surface area contributed by atoms with E-state index in [0.29, 0.717) is 0 Å². The molecule has 0 atom stereocenters. The number of aromatic nitrogens is 2. The molecule has 2 aromatic heterocycles. The number of methoxy groups -OCH3 is 2. The van der Waals surface area contributed by atoms with Gasteiger partial charge in [-0.25, -0.2) is 9.97 Å². The van der Waals surface area contributed by atoms with Crippen molar-refractivity contribution in [1.82, 2.24) is 15.3 Å². The second-order valence-corrected chi connectivity index (χ2v) is 7.42. The van der Waals surface area contributed by atoms with Crippen molar-refractivity contribution in [3.63, 3.8) is 0 Å². The third-order valence-electron chi connectivity index (χ3n) is 4.73. The van der Waals surface area contributed by atoms with Crippen molar-refractivity contribution >= 4 is 27.4 Å². The van der Waals surface area contributed by atoms with E-state index in [0.717, 1.165) is 59.3 Å². The zero-order valence-corrected chi connectivity index (χ0v) is 16.0. The van der Waals surface area contributed by atoms with E-state index < -0.39 is 0 Å². The summed E-state index contributed by atoms with van der Waals surface area (Å²) in [6.45, 7) is 5.99. The highest BCUT2D eigenvalue weighted by molar-refractivity contribution is 7.19. The Bertz CT molecular complexity index is 935. The number of anilines is 1. The zero-order chi connectivity index (χ0) is 18.1. The van der Waals surface area contributed by atoms with Gasteiger partial charge in [-0.05, 0) is 24.6 Å². The first-order valence-corrected chi connectivity index (χ1v) is 9.46. The second kappa shape index (κ2) is 7.09. The van der Waals surface area contributed by atoms with Crippen molar-refractivity contribution in [2.45, 2.75) is 6.92 Å². The molecule has 1 N–H and O–H groups in total. The maximum absolute atomic E-state index is 5.50. The standard InChI is InChI=1S/C19H22N4O2S/c1-12-16(13-4-5-14(24-2)15(10-13)25-3)17-18(21-11-22-19(17)26-12)23-8-6-20-7-9-23/h4-5,10-11,20H,6-9H2,1-3H3. The third-order valence-corrected chi connectivity index (χ3v) is 5.75. The number of hydrogen-bond donors (Lipinski definition) is 1. The molecule has 4 rings (SSSR count). The largest absolute Gasteiger partial charge is 0.493 e. The van der Waals surface area contributed by atoms with Crippen LogP contribution >= 0.6 is 11.3 Å². The molecule has 3 heterocycles. The summed E-state index contributed by atoms with van der Waals surface area (Å²) in [4.78, 5) is 13.8. The topological polar surface area (TPSA) is 59.5 Å². The Labute approximate surface area is 156 Å². The van der Waals surface area contributed by atoms with Crippen LogP contribution in [0.4, 0.5) is 5.82 Å². The Morgan fingerprint density at radius 2 is 1.85 bits per heavy atom. The van der Waals surface area contributed by atoms with Crippen molar-refractivity contribution in [1.29, 1.82) is 0 Å². The van der Waals surface area contributed by atoms with E-state index >= 15 is 0 Å². The summed E-state index contributed by atoms with van der Waals surface area (Å²) in [6, 6.07) is 6.05. The number of nitrogens with zero attached hydrogens (tertiary/aromatic N) is 3. The summed E-state index contributed by atoms with van der Waals surface area (Å²) in [5.41, 5.74) is 2.28. The molecule has 1 fully saturated rings. The highest BCUT2D eigenvalue weighted by atomic mass is 32.1. The van der Waals surface area contributed by atoms with E-state index in [4.69, 9.17) is 9.47 Å². The number of hydrogen-bond acceptors (Lipinski definition) is 7. The fraction of sp³-hybridized carbons (Fsp3) is 0.368. The molecule has 1 aliphatic rings. The van der Waals surface area contributed by atoms with E-state index in [9.17, 15) is 0 Å². The van der Waals surface area contributed by atoms with Crippen molar-refractivity contribution in [3.05, 3.63) is 29.4 Å². The average Bonchev–Trinajstić information content (AvgIpc) is 3.03. The Morgan fingerprint density at radius 3 is 2.58 bits per heavy atom. The number of aryl methyl sites for hydroxylation is 1. The zero-order valence-electron chi connectivity index (χ0n) is 15.2. The van der Waals surface area contributed by atoms with Crippen LogP contribution in [0.2, 0.25) is 0 Å². The maximum atomic E-state index is 5.50. The van der Waals surface area contributed by atoms with Crippen LogP contribution in [0.5, 0.6) is 11.5 Å². The van der Waals surface area contributed by atoms with Crippen LogP contribution < -0.4 is 19.7 Å². The summed E-state index contributed by atoms with van der Waals surface area (Å²) in [6.07, 6.45) is 1.67. The minimum atomic E-state index is 0.726. The molecule has 0 saturated carbocycles. The fourth-order valence-corrected chi connectivity index (χ4v) is 4.49. The molecular weight excluding hydrogens is 348 g/mol. The molecule has 26 heavy (non-hydrogen) atoms. The lowest BCUT2D eigenvalue weighted by atomic mass is 10.0. The number of rotatable bonds is 4. The SMILES string of the molecule is COc1ccc(-c2c(C)sc3ncnc(N4CCNCC4)c23)cc1OC. The number of thiophene rings is 1. The summed E-state index contributed by atoms with van der Waals surface area (Å²) in [5, 5.41) is 4.53. The lowest BCUT2D eigenvalue weighted by molar-refractivity contribution is 0.355. The molecule has 0 aliphatic carbocycles. The van der Waals surface area contributed by atoms with Gasteiger partial charge in [-0.15, -0.1) is 11.3 Å². The lowest BCUT2D eigenvalue weighted by Crippen LogP contribution is -2.44. The highest BCUT2D eigenvalue weighted by Gasteiger charge is 2.22. The van der Waals surface area contributed by atoms with Gasteiger partial charge in [-0.3, -0.25) is 0 Å². The summed E-state index contributed by atoms with van der Waals surface area (Å²) in [7, 11) is 3.31. The van der Waals surface area contributed by atoms with Gasteiger partial charge in [0.05, 0.1) is 19.6 Å². The minimum Gasteiger partial charge on any atom is -0.493 e. The number of fused-ring (bicyclic) bond motifs is 1. The molecule has 1 saturated heterocycles. The van der Waals surface area contributed by atoms with E-state index in [-0.39, 0.29) is 0 Å². The van der Waals surface area contributed by atoms with Crippen LogP contribution in [0.15, 0.2) is 24.5 Å². The second-order valence-electron chi connectivity index (χ2n) is 6.22. The molecule has 7 heteroatoms. The summed E-state index contributed by atoms with van der Waals surface area (Å²) < 4.78 is 10.9. The molecule has 0 amide bonds. The van der Waals surface area contributed by atoms with E-state index in [2.05, 4.69) is 33.2 Å². The van der Waals surface area contributed by atoms with Crippen molar-refractivity contribution < 1.29 is 9.47 Å². The predicted molar refractivity (Wildman–Crippen MR) is 106 cm³/mol. The van der Waals surface area contributed by atoms with E-state index in [1.54, 1.807) is 31.9 Å². The van der Waals surface area contributed by atoms with E-state index in [1.165, 1.54) is 10.4 Å². The van der Waals surface area contributed by atoms with Gasteiger partial charge in [0.15, 0.2) is 11.5 Å². The fourth-order valence-electron chi connectivity index (χ4n) is 3.48. The molecule has 1 aliphatic heterocycles. The molecule has 0 radical (unpaired) electrons. The Kier molecular flexibility index (Phi) is 4.65. The molecule has 3 aromatic rings. The first kappa shape index (κ1) is 17.1. The van der Waals surface area contributed by atoms with Crippen LogP contribution in [0.1, 0.15) is 4.88 Å². The quantitative estimate of drug-likeness (QED) is 0.762. The van der Waals surface area contributed by atoms with Gasteiger partial charge in [0.25, 0.3) is 0 Å². The van der Waals surface area contributed by atoms with Gasteiger partial charge in [0, 0.05) is 36.6 Å².